The van der Waals surface area contributed by atoms with E-state index >= 15 is 0 Å². The van der Waals surface area contributed by atoms with Gasteiger partial charge in [0, 0.05) is 10.9 Å². The first-order valence-corrected chi connectivity index (χ1v) is 8.43. The largest absolute Gasteiger partial charge is 0.296 e. The molecule has 0 saturated carbocycles. The molecule has 0 aliphatic heterocycles. The minimum absolute atomic E-state index is 0.221. The molecule has 2 aromatic heterocycles. The maximum absolute atomic E-state index is 6.37. The Labute approximate surface area is 136 Å². The number of halogens is 1. The maximum atomic E-state index is 6.37. The molecule has 3 nitrogen and oxygen atoms in total. The summed E-state index contributed by atoms with van der Waals surface area (Å²) in [5.74, 6) is 0.798. The van der Waals surface area contributed by atoms with E-state index in [-0.39, 0.29) is 5.41 Å². The molecule has 116 valence electrons. The van der Waals surface area contributed by atoms with Crippen LogP contribution in [0.5, 0.6) is 0 Å². The number of thiophene rings is 1. The molecular formula is C16H24ClN3S. The molecule has 0 saturated heterocycles. The van der Waals surface area contributed by atoms with Crippen molar-refractivity contribution in [1.82, 2.24) is 14.9 Å². The highest BCUT2D eigenvalue weighted by Gasteiger charge is 2.24. The van der Waals surface area contributed by atoms with Gasteiger partial charge >= 0.3 is 0 Å². The maximum Gasteiger partial charge on any atom is 0.145 e. The molecule has 2 heterocycles. The number of rotatable bonds is 3. The van der Waals surface area contributed by atoms with Crippen molar-refractivity contribution in [3.8, 4) is 0 Å². The van der Waals surface area contributed by atoms with Gasteiger partial charge in [-0.2, -0.15) is 0 Å². The van der Waals surface area contributed by atoms with Crippen LogP contribution in [0.4, 0.5) is 0 Å². The Balaban J connectivity index is 2.32. The lowest BCUT2D eigenvalue weighted by atomic mass is 9.87. The third-order valence-corrected chi connectivity index (χ3v) is 5.71. The summed E-state index contributed by atoms with van der Waals surface area (Å²) in [6, 6.07) is 0.433. The van der Waals surface area contributed by atoms with Gasteiger partial charge in [-0.05, 0) is 38.8 Å². The van der Waals surface area contributed by atoms with E-state index in [4.69, 9.17) is 16.6 Å². The highest BCUT2D eigenvalue weighted by atomic mass is 35.5. The fourth-order valence-corrected chi connectivity index (χ4v) is 3.77. The normalized spacial score (nSPS) is 14.1. The molecule has 1 atom stereocenters. The Morgan fingerprint density at radius 2 is 1.86 bits per heavy atom. The van der Waals surface area contributed by atoms with Crippen LogP contribution in [0.2, 0.25) is 5.15 Å². The third-order valence-electron chi connectivity index (χ3n) is 4.34. The van der Waals surface area contributed by atoms with Gasteiger partial charge in [-0.15, -0.1) is 11.3 Å². The van der Waals surface area contributed by atoms with Gasteiger partial charge in [0.15, 0.2) is 0 Å². The zero-order chi connectivity index (χ0) is 15.9. The van der Waals surface area contributed by atoms with E-state index in [1.54, 1.807) is 11.3 Å². The van der Waals surface area contributed by atoms with Crippen molar-refractivity contribution >= 4 is 33.2 Å². The molecular weight excluding hydrogens is 302 g/mol. The molecule has 1 unspecified atom stereocenters. The molecule has 2 aromatic rings. The van der Waals surface area contributed by atoms with E-state index in [0.717, 1.165) is 16.0 Å². The van der Waals surface area contributed by atoms with Gasteiger partial charge in [0.1, 0.15) is 15.8 Å². The highest BCUT2D eigenvalue weighted by Crippen LogP contribution is 2.33. The summed E-state index contributed by atoms with van der Waals surface area (Å²) in [6.45, 7) is 13.9. The van der Waals surface area contributed by atoms with Crippen molar-refractivity contribution in [2.24, 2.45) is 5.41 Å². The summed E-state index contributed by atoms with van der Waals surface area (Å²) >= 11 is 8.06. The minimum atomic E-state index is 0.221. The SMILES string of the molecule is Cc1sc2nc(CN(C)C(C)C(C)(C)C)nc(Cl)c2c1C. The van der Waals surface area contributed by atoms with Crippen LogP contribution in [0.3, 0.4) is 0 Å². The van der Waals surface area contributed by atoms with E-state index in [1.165, 1.54) is 10.4 Å². The van der Waals surface area contributed by atoms with Crippen molar-refractivity contribution in [1.29, 1.82) is 0 Å². The quantitative estimate of drug-likeness (QED) is 0.757. The predicted octanol–water partition coefficient (Wildman–Crippen LogP) is 4.83. The molecule has 0 bridgehead atoms. The molecule has 0 radical (unpaired) electrons. The standard InChI is InChI=1S/C16H24ClN3S/c1-9-10(2)21-15-13(9)14(17)18-12(19-15)8-20(7)11(3)16(4,5)6/h11H,8H2,1-7H3. The first kappa shape index (κ1) is 16.7. The van der Waals surface area contributed by atoms with Crippen molar-refractivity contribution in [3.05, 3.63) is 21.4 Å². The second kappa shape index (κ2) is 5.82. The molecule has 0 N–H and O–H groups in total. The fraction of sp³-hybridized carbons (Fsp3) is 0.625. The van der Waals surface area contributed by atoms with Crippen LogP contribution in [-0.2, 0) is 6.54 Å². The average Bonchev–Trinajstić information content (AvgIpc) is 2.63. The molecule has 0 spiro atoms. The molecule has 0 fully saturated rings. The lowest BCUT2D eigenvalue weighted by molar-refractivity contribution is 0.132. The summed E-state index contributed by atoms with van der Waals surface area (Å²) in [7, 11) is 2.11. The van der Waals surface area contributed by atoms with Crippen LogP contribution < -0.4 is 0 Å². The smallest absolute Gasteiger partial charge is 0.145 e. The van der Waals surface area contributed by atoms with Gasteiger partial charge in [-0.3, -0.25) is 4.90 Å². The number of nitrogens with zero attached hydrogens (tertiary/aromatic N) is 3. The van der Waals surface area contributed by atoms with Crippen molar-refractivity contribution in [2.75, 3.05) is 7.05 Å². The molecule has 0 aliphatic rings. The monoisotopic (exact) mass is 325 g/mol. The van der Waals surface area contributed by atoms with E-state index in [0.29, 0.717) is 17.7 Å². The second-order valence-corrected chi connectivity index (χ2v) is 8.41. The lowest BCUT2D eigenvalue weighted by Crippen LogP contribution is -2.39. The Morgan fingerprint density at radius 1 is 1.24 bits per heavy atom. The van der Waals surface area contributed by atoms with Gasteiger partial charge in [0.25, 0.3) is 0 Å². The molecule has 0 aromatic carbocycles. The van der Waals surface area contributed by atoms with E-state index in [9.17, 15) is 0 Å². The zero-order valence-electron chi connectivity index (χ0n) is 13.9. The molecule has 2 rings (SSSR count). The Morgan fingerprint density at radius 3 is 2.43 bits per heavy atom. The van der Waals surface area contributed by atoms with Gasteiger partial charge < -0.3 is 0 Å². The first-order valence-electron chi connectivity index (χ1n) is 7.23. The highest BCUT2D eigenvalue weighted by molar-refractivity contribution is 7.18. The number of aromatic nitrogens is 2. The van der Waals surface area contributed by atoms with Gasteiger partial charge in [0.05, 0.1) is 11.9 Å². The van der Waals surface area contributed by atoms with Crippen LogP contribution in [0, 0.1) is 19.3 Å². The van der Waals surface area contributed by atoms with Crippen molar-refractivity contribution in [3.63, 3.8) is 0 Å². The van der Waals surface area contributed by atoms with Crippen LogP contribution >= 0.6 is 22.9 Å². The van der Waals surface area contributed by atoms with E-state index < -0.39 is 0 Å². The number of fused-ring (bicyclic) bond motifs is 1. The summed E-state index contributed by atoms with van der Waals surface area (Å²) in [4.78, 5) is 13.7. The molecule has 21 heavy (non-hydrogen) atoms. The van der Waals surface area contributed by atoms with Gasteiger partial charge in [-0.1, -0.05) is 32.4 Å². The minimum Gasteiger partial charge on any atom is -0.296 e. The van der Waals surface area contributed by atoms with Crippen molar-refractivity contribution < 1.29 is 0 Å². The third kappa shape index (κ3) is 3.38. The predicted molar refractivity (Wildman–Crippen MR) is 92.3 cm³/mol. The summed E-state index contributed by atoms with van der Waals surface area (Å²) < 4.78 is 0. The second-order valence-electron chi connectivity index (χ2n) is 6.85. The Bertz CT molecular complexity index is 658. The molecule has 0 aliphatic carbocycles. The van der Waals surface area contributed by atoms with Crippen LogP contribution in [0.15, 0.2) is 0 Å². The average molecular weight is 326 g/mol. The van der Waals surface area contributed by atoms with Gasteiger partial charge in [0.2, 0.25) is 0 Å². The summed E-state index contributed by atoms with van der Waals surface area (Å²) in [5.41, 5.74) is 1.42. The van der Waals surface area contributed by atoms with Crippen molar-refractivity contribution in [2.45, 2.75) is 54.1 Å². The van der Waals surface area contributed by atoms with Crippen LogP contribution in [0.25, 0.3) is 10.2 Å². The Hall–Kier alpha value is -0.710. The summed E-state index contributed by atoms with van der Waals surface area (Å²) in [6.07, 6.45) is 0. The van der Waals surface area contributed by atoms with Crippen LogP contribution in [-0.4, -0.2) is 28.0 Å². The first-order chi connectivity index (χ1) is 9.61. The summed E-state index contributed by atoms with van der Waals surface area (Å²) in [5, 5.41) is 1.59. The lowest BCUT2D eigenvalue weighted by Gasteiger charge is -2.34. The zero-order valence-corrected chi connectivity index (χ0v) is 15.5. The van der Waals surface area contributed by atoms with Crippen LogP contribution in [0.1, 0.15) is 44.0 Å². The fourth-order valence-electron chi connectivity index (χ4n) is 2.33. The Kier molecular flexibility index (Phi) is 4.62. The topological polar surface area (TPSA) is 29.0 Å². The number of aryl methyl sites for hydroxylation is 2. The number of hydrogen-bond acceptors (Lipinski definition) is 4. The van der Waals surface area contributed by atoms with E-state index in [2.05, 4.69) is 58.5 Å². The van der Waals surface area contributed by atoms with E-state index in [1.807, 2.05) is 0 Å². The molecule has 5 heteroatoms. The van der Waals surface area contributed by atoms with Gasteiger partial charge in [-0.25, -0.2) is 9.97 Å². The number of hydrogen-bond donors (Lipinski definition) is 0. The molecule has 0 amide bonds.